The van der Waals surface area contributed by atoms with Gasteiger partial charge in [-0.25, -0.2) is 4.39 Å². The van der Waals surface area contributed by atoms with Crippen molar-refractivity contribution in [2.45, 2.75) is 65.4 Å². The third-order valence-electron chi connectivity index (χ3n) is 9.97. The summed E-state index contributed by atoms with van der Waals surface area (Å²) in [6, 6.07) is 17.1. The molecule has 5 heteroatoms. The summed E-state index contributed by atoms with van der Waals surface area (Å²) in [5, 5.41) is 9.90. The molecule has 0 bridgehead atoms. The third kappa shape index (κ3) is 3.96. The highest BCUT2D eigenvalue weighted by molar-refractivity contribution is 5.85. The van der Waals surface area contributed by atoms with Crippen molar-refractivity contribution in [3.05, 3.63) is 88.7 Å². The number of carbonyl (C=O) groups is 1. The Kier molecular flexibility index (Phi) is 6.14. The van der Waals surface area contributed by atoms with E-state index >= 15 is 4.39 Å². The minimum Gasteiger partial charge on any atom is -0.497 e. The molecule has 40 heavy (non-hydrogen) atoms. The number of benzene rings is 3. The van der Waals surface area contributed by atoms with E-state index in [1.165, 1.54) is 17.2 Å². The van der Waals surface area contributed by atoms with E-state index in [-0.39, 0.29) is 28.0 Å². The van der Waals surface area contributed by atoms with Crippen molar-refractivity contribution in [2.24, 2.45) is 16.7 Å². The fraction of sp³-hybridized carbons (Fsp3) is 0.400. The second-order valence-corrected chi connectivity index (χ2v) is 12.8. The predicted octanol–water partition coefficient (Wildman–Crippen LogP) is 8.21. The number of hydrogen-bond acceptors (Lipinski definition) is 3. The van der Waals surface area contributed by atoms with Crippen molar-refractivity contribution in [3.63, 3.8) is 0 Å². The van der Waals surface area contributed by atoms with E-state index in [2.05, 4.69) is 52.0 Å². The monoisotopic (exact) mass is 540 g/mol. The molecule has 208 valence electrons. The maximum atomic E-state index is 15.1. The van der Waals surface area contributed by atoms with Crippen molar-refractivity contribution in [1.82, 2.24) is 0 Å². The molecule has 0 aromatic heterocycles. The third-order valence-corrected chi connectivity index (χ3v) is 9.97. The van der Waals surface area contributed by atoms with Gasteiger partial charge in [-0.2, -0.15) is 0 Å². The SMILES string of the molecule is COc1ccc(F)c(-c2ccc(COc3ccc4c(c3)C3(CC4)C(C(=O)O)C3(C)C)cc2C2=CCCC2(C)C)c1. The molecule has 0 aliphatic heterocycles. The number of ether oxygens (including phenoxy) is 2. The van der Waals surface area contributed by atoms with Crippen molar-refractivity contribution in [2.75, 3.05) is 7.11 Å². The van der Waals surface area contributed by atoms with Gasteiger partial charge in [0.15, 0.2) is 0 Å². The largest absolute Gasteiger partial charge is 0.497 e. The lowest BCUT2D eigenvalue weighted by Crippen LogP contribution is -2.13. The zero-order chi connectivity index (χ0) is 28.4. The zero-order valence-corrected chi connectivity index (χ0v) is 23.9. The summed E-state index contributed by atoms with van der Waals surface area (Å²) in [6.45, 7) is 8.98. The molecule has 0 heterocycles. The highest BCUT2D eigenvalue weighted by atomic mass is 19.1. The van der Waals surface area contributed by atoms with Gasteiger partial charge in [-0.3, -0.25) is 4.79 Å². The Morgan fingerprint density at radius 2 is 1.73 bits per heavy atom. The van der Waals surface area contributed by atoms with Crippen LogP contribution in [0.5, 0.6) is 11.5 Å². The highest BCUT2D eigenvalue weighted by Gasteiger charge is 2.76. The molecule has 1 spiro atoms. The molecule has 2 atom stereocenters. The summed E-state index contributed by atoms with van der Waals surface area (Å²) >= 11 is 0. The Labute approximate surface area is 235 Å². The van der Waals surface area contributed by atoms with Gasteiger partial charge in [0.05, 0.1) is 13.0 Å². The predicted molar refractivity (Wildman–Crippen MR) is 155 cm³/mol. The van der Waals surface area contributed by atoms with E-state index in [1.807, 2.05) is 18.2 Å². The standard InChI is InChI=1S/C35H37FO4/c1-33(2)15-6-7-28(33)26-17-21(8-12-25(26)27-18-23(39-5)11-13-30(27)36)20-40-24-10-9-22-14-16-35(29(22)19-24)31(32(37)38)34(35,3)4/h7-13,17-19,31H,6,14-16,20H2,1-5H3,(H,37,38). The molecule has 4 nitrogen and oxygen atoms in total. The molecule has 6 rings (SSSR count). The van der Waals surface area contributed by atoms with Gasteiger partial charge in [0.25, 0.3) is 0 Å². The average Bonchev–Trinajstić information content (AvgIpc) is 3.16. The van der Waals surface area contributed by atoms with Gasteiger partial charge in [0.1, 0.15) is 23.9 Å². The number of aryl methyl sites for hydroxylation is 1. The summed E-state index contributed by atoms with van der Waals surface area (Å²) < 4.78 is 26.8. The minimum absolute atomic E-state index is 0.0182. The van der Waals surface area contributed by atoms with Crippen molar-refractivity contribution >= 4 is 11.5 Å². The number of halogens is 1. The van der Waals surface area contributed by atoms with Gasteiger partial charge in [0.2, 0.25) is 0 Å². The van der Waals surface area contributed by atoms with E-state index < -0.39 is 5.97 Å². The van der Waals surface area contributed by atoms with Gasteiger partial charge in [-0.1, -0.05) is 52.0 Å². The summed E-state index contributed by atoms with van der Waals surface area (Å²) in [7, 11) is 1.59. The van der Waals surface area contributed by atoms with E-state index in [4.69, 9.17) is 9.47 Å². The van der Waals surface area contributed by atoms with Crippen LogP contribution in [-0.2, 0) is 23.2 Å². The number of aliphatic carboxylic acids is 1. The lowest BCUT2D eigenvalue weighted by atomic mass is 9.79. The molecule has 3 aromatic rings. The zero-order valence-electron chi connectivity index (χ0n) is 23.9. The van der Waals surface area contributed by atoms with Crippen LogP contribution in [0.2, 0.25) is 0 Å². The molecule has 1 saturated carbocycles. The molecular weight excluding hydrogens is 503 g/mol. The molecule has 1 fully saturated rings. The van der Waals surface area contributed by atoms with Gasteiger partial charge < -0.3 is 14.6 Å². The van der Waals surface area contributed by atoms with E-state index in [1.54, 1.807) is 19.2 Å². The van der Waals surface area contributed by atoms with E-state index in [9.17, 15) is 9.90 Å². The molecule has 0 amide bonds. The van der Waals surface area contributed by atoms with Gasteiger partial charge in [0, 0.05) is 11.0 Å². The lowest BCUT2D eigenvalue weighted by Gasteiger charge is -2.25. The fourth-order valence-corrected chi connectivity index (χ4v) is 7.69. The maximum absolute atomic E-state index is 15.1. The van der Waals surface area contributed by atoms with Crippen LogP contribution in [0.4, 0.5) is 4.39 Å². The van der Waals surface area contributed by atoms with Crippen LogP contribution in [0.25, 0.3) is 16.7 Å². The van der Waals surface area contributed by atoms with Gasteiger partial charge >= 0.3 is 5.97 Å². The van der Waals surface area contributed by atoms with Crippen LogP contribution in [0.1, 0.15) is 69.2 Å². The number of hydrogen-bond donors (Lipinski definition) is 1. The van der Waals surface area contributed by atoms with Crippen LogP contribution in [0.15, 0.2) is 60.7 Å². The fourth-order valence-electron chi connectivity index (χ4n) is 7.69. The van der Waals surface area contributed by atoms with Crippen LogP contribution in [-0.4, -0.2) is 18.2 Å². The van der Waals surface area contributed by atoms with E-state index in [0.29, 0.717) is 17.9 Å². The molecule has 3 aliphatic carbocycles. The molecule has 3 aromatic carbocycles. The summed E-state index contributed by atoms with van der Waals surface area (Å²) in [5.41, 5.74) is 6.36. The Balaban J connectivity index is 1.32. The van der Waals surface area contributed by atoms with Gasteiger partial charge in [-0.05, 0) is 106 Å². The first-order valence-corrected chi connectivity index (χ1v) is 14.2. The quantitative estimate of drug-likeness (QED) is 0.328. The number of allylic oxidation sites excluding steroid dienone is 2. The Bertz CT molecular complexity index is 1550. The molecule has 0 radical (unpaired) electrons. The number of fused-ring (bicyclic) bond motifs is 2. The topological polar surface area (TPSA) is 55.8 Å². The van der Waals surface area contributed by atoms with Crippen molar-refractivity contribution in [1.29, 1.82) is 0 Å². The van der Waals surface area contributed by atoms with Gasteiger partial charge in [-0.15, -0.1) is 0 Å². The Hall–Kier alpha value is -3.60. The molecular formula is C35H37FO4. The number of carboxylic acid groups (broad SMARTS) is 1. The summed E-state index contributed by atoms with van der Waals surface area (Å²) in [6.07, 6.45) is 6.09. The Morgan fingerprint density at radius 1 is 0.950 bits per heavy atom. The smallest absolute Gasteiger partial charge is 0.308 e. The molecule has 2 unspecified atom stereocenters. The number of rotatable bonds is 7. The second kappa shape index (κ2) is 9.22. The normalized spacial score (nSPS) is 23.6. The lowest BCUT2D eigenvalue weighted by molar-refractivity contribution is -0.139. The Morgan fingerprint density at radius 3 is 2.40 bits per heavy atom. The van der Waals surface area contributed by atoms with Crippen molar-refractivity contribution < 1.29 is 23.8 Å². The first-order chi connectivity index (χ1) is 19.0. The van der Waals surface area contributed by atoms with Crippen LogP contribution in [0, 0.1) is 22.6 Å². The minimum atomic E-state index is -0.714. The number of methoxy groups -OCH3 is 1. The second-order valence-electron chi connectivity index (χ2n) is 12.8. The number of carboxylic acids is 1. The first-order valence-electron chi connectivity index (χ1n) is 14.2. The average molecular weight is 541 g/mol. The maximum Gasteiger partial charge on any atom is 0.308 e. The van der Waals surface area contributed by atoms with Crippen molar-refractivity contribution in [3.8, 4) is 22.6 Å². The van der Waals surface area contributed by atoms with Crippen LogP contribution < -0.4 is 9.47 Å². The first kappa shape index (κ1) is 26.6. The molecule has 3 aliphatic rings. The van der Waals surface area contributed by atoms with Crippen LogP contribution in [0.3, 0.4) is 0 Å². The highest BCUT2D eigenvalue weighted by Crippen LogP contribution is 2.74. The summed E-state index contributed by atoms with van der Waals surface area (Å²) in [5.74, 6) is 0.00163. The van der Waals surface area contributed by atoms with E-state index in [0.717, 1.165) is 53.7 Å². The van der Waals surface area contributed by atoms with Crippen LogP contribution >= 0.6 is 0 Å². The molecule has 1 N–H and O–H groups in total. The molecule has 0 saturated heterocycles. The summed E-state index contributed by atoms with van der Waals surface area (Å²) in [4.78, 5) is 12.1.